The third kappa shape index (κ3) is 3.13. The molecule has 2 rings (SSSR count). The summed E-state index contributed by atoms with van der Waals surface area (Å²) in [5.41, 5.74) is 1.12. The fourth-order valence-corrected chi connectivity index (χ4v) is 2.26. The zero-order chi connectivity index (χ0) is 11.6. The van der Waals surface area contributed by atoms with Gasteiger partial charge in [-0.1, -0.05) is 11.6 Å². The van der Waals surface area contributed by atoms with Crippen LogP contribution < -0.4 is 5.32 Å². The van der Waals surface area contributed by atoms with Crippen LogP contribution in [0.5, 0.6) is 0 Å². The van der Waals surface area contributed by atoms with Crippen molar-refractivity contribution < 1.29 is 4.74 Å². The van der Waals surface area contributed by atoms with Gasteiger partial charge in [0, 0.05) is 23.4 Å². The highest BCUT2D eigenvalue weighted by molar-refractivity contribution is 6.30. The number of halogens is 1. The van der Waals surface area contributed by atoms with Gasteiger partial charge < -0.3 is 10.1 Å². The van der Waals surface area contributed by atoms with E-state index in [0.29, 0.717) is 6.04 Å². The van der Waals surface area contributed by atoms with Gasteiger partial charge in [-0.05, 0) is 51.0 Å². The standard InChI is InChI=1S/C13H18ClNO/c1-13(2)9-12(7-8-16-13)15-11-5-3-10(14)4-6-11/h3-6,12,15H,7-9H2,1-2H3. The van der Waals surface area contributed by atoms with E-state index in [2.05, 4.69) is 19.2 Å². The van der Waals surface area contributed by atoms with Crippen molar-refractivity contribution in [1.29, 1.82) is 0 Å². The van der Waals surface area contributed by atoms with Gasteiger partial charge in [-0.3, -0.25) is 0 Å². The molecule has 0 aliphatic carbocycles. The number of hydrogen-bond acceptors (Lipinski definition) is 2. The minimum absolute atomic E-state index is 0.0116. The summed E-state index contributed by atoms with van der Waals surface area (Å²) in [6, 6.07) is 8.35. The summed E-state index contributed by atoms with van der Waals surface area (Å²) >= 11 is 5.85. The molecular weight excluding hydrogens is 222 g/mol. The maximum Gasteiger partial charge on any atom is 0.0646 e. The average molecular weight is 240 g/mol. The second kappa shape index (κ2) is 4.64. The highest BCUT2D eigenvalue weighted by Crippen LogP contribution is 2.26. The second-order valence-corrected chi connectivity index (χ2v) is 5.39. The molecule has 3 heteroatoms. The highest BCUT2D eigenvalue weighted by Gasteiger charge is 2.28. The first-order valence-corrected chi connectivity index (χ1v) is 6.09. The van der Waals surface area contributed by atoms with Crippen LogP contribution in [0.4, 0.5) is 5.69 Å². The molecule has 0 spiro atoms. The monoisotopic (exact) mass is 239 g/mol. The molecule has 1 atom stereocenters. The van der Waals surface area contributed by atoms with Crippen molar-refractivity contribution >= 4 is 17.3 Å². The molecule has 1 unspecified atom stereocenters. The molecule has 1 aromatic carbocycles. The predicted octanol–water partition coefficient (Wildman–Crippen LogP) is 3.71. The van der Waals surface area contributed by atoms with E-state index in [9.17, 15) is 0 Å². The van der Waals surface area contributed by atoms with Gasteiger partial charge in [0.2, 0.25) is 0 Å². The second-order valence-electron chi connectivity index (χ2n) is 4.95. The van der Waals surface area contributed by atoms with Gasteiger partial charge in [0.1, 0.15) is 0 Å². The molecule has 1 N–H and O–H groups in total. The quantitative estimate of drug-likeness (QED) is 0.850. The molecule has 1 aliphatic rings. The van der Waals surface area contributed by atoms with E-state index in [0.717, 1.165) is 30.2 Å². The molecule has 0 aromatic heterocycles. The lowest BCUT2D eigenvalue weighted by atomic mass is 9.94. The van der Waals surface area contributed by atoms with E-state index < -0.39 is 0 Å². The van der Waals surface area contributed by atoms with E-state index in [1.54, 1.807) is 0 Å². The first-order chi connectivity index (χ1) is 7.55. The molecule has 0 radical (unpaired) electrons. The maximum absolute atomic E-state index is 5.85. The summed E-state index contributed by atoms with van der Waals surface area (Å²) in [6.07, 6.45) is 2.10. The van der Waals surface area contributed by atoms with Crippen molar-refractivity contribution in [2.75, 3.05) is 11.9 Å². The van der Waals surface area contributed by atoms with Crippen LogP contribution >= 0.6 is 11.6 Å². The van der Waals surface area contributed by atoms with Crippen LogP contribution in [0.1, 0.15) is 26.7 Å². The van der Waals surface area contributed by atoms with E-state index in [-0.39, 0.29) is 5.60 Å². The van der Waals surface area contributed by atoms with Crippen LogP contribution in [-0.2, 0) is 4.74 Å². The fraction of sp³-hybridized carbons (Fsp3) is 0.538. The Labute approximate surface area is 102 Å². The van der Waals surface area contributed by atoms with Crippen molar-refractivity contribution in [3.63, 3.8) is 0 Å². The number of anilines is 1. The molecular formula is C13H18ClNO. The summed E-state index contributed by atoms with van der Waals surface area (Å²) in [6.45, 7) is 5.11. The van der Waals surface area contributed by atoms with Gasteiger partial charge in [-0.15, -0.1) is 0 Å². The summed E-state index contributed by atoms with van der Waals surface area (Å²) in [5, 5.41) is 4.30. The minimum Gasteiger partial charge on any atom is -0.382 e. The van der Waals surface area contributed by atoms with E-state index in [1.807, 2.05) is 24.3 Å². The Hall–Kier alpha value is -0.730. The highest BCUT2D eigenvalue weighted by atomic mass is 35.5. The SMILES string of the molecule is CC1(C)CC(Nc2ccc(Cl)cc2)CCO1. The number of benzene rings is 1. The Morgan fingerprint density at radius 3 is 2.62 bits per heavy atom. The normalized spacial score (nSPS) is 24.1. The van der Waals surface area contributed by atoms with Gasteiger partial charge in [0.25, 0.3) is 0 Å². The molecule has 0 bridgehead atoms. The number of rotatable bonds is 2. The van der Waals surface area contributed by atoms with Crippen LogP contribution in [0.2, 0.25) is 5.02 Å². The van der Waals surface area contributed by atoms with Gasteiger partial charge in [-0.2, -0.15) is 0 Å². The van der Waals surface area contributed by atoms with Crippen LogP contribution in [-0.4, -0.2) is 18.2 Å². The predicted molar refractivity (Wildman–Crippen MR) is 68.1 cm³/mol. The lowest BCUT2D eigenvalue weighted by Gasteiger charge is -2.36. The third-order valence-corrected chi connectivity index (χ3v) is 3.16. The van der Waals surface area contributed by atoms with E-state index in [1.165, 1.54) is 0 Å². The summed E-state index contributed by atoms with van der Waals surface area (Å²) in [7, 11) is 0. The number of hydrogen-bond donors (Lipinski definition) is 1. The molecule has 1 heterocycles. The van der Waals surface area contributed by atoms with Crippen molar-refractivity contribution in [1.82, 2.24) is 0 Å². The van der Waals surface area contributed by atoms with Crippen molar-refractivity contribution in [2.45, 2.75) is 38.3 Å². The zero-order valence-corrected chi connectivity index (χ0v) is 10.6. The van der Waals surface area contributed by atoms with Crippen molar-refractivity contribution in [2.24, 2.45) is 0 Å². The molecule has 16 heavy (non-hydrogen) atoms. The summed E-state index contributed by atoms with van der Waals surface area (Å²) in [5.74, 6) is 0. The Kier molecular flexibility index (Phi) is 3.41. The first-order valence-electron chi connectivity index (χ1n) is 5.71. The summed E-state index contributed by atoms with van der Waals surface area (Å²) < 4.78 is 5.69. The van der Waals surface area contributed by atoms with Gasteiger partial charge >= 0.3 is 0 Å². The Morgan fingerprint density at radius 1 is 1.31 bits per heavy atom. The van der Waals surface area contributed by atoms with E-state index >= 15 is 0 Å². The van der Waals surface area contributed by atoms with Crippen LogP contribution in [0.3, 0.4) is 0 Å². The maximum atomic E-state index is 5.85. The van der Waals surface area contributed by atoms with Crippen LogP contribution in [0, 0.1) is 0 Å². The zero-order valence-electron chi connectivity index (χ0n) is 9.79. The minimum atomic E-state index is -0.0116. The lowest BCUT2D eigenvalue weighted by Crippen LogP contribution is -2.40. The van der Waals surface area contributed by atoms with Crippen molar-refractivity contribution in [3.05, 3.63) is 29.3 Å². The third-order valence-electron chi connectivity index (χ3n) is 2.91. The van der Waals surface area contributed by atoms with Gasteiger partial charge in [-0.25, -0.2) is 0 Å². The number of ether oxygens (including phenoxy) is 1. The van der Waals surface area contributed by atoms with Gasteiger partial charge in [0.05, 0.1) is 5.60 Å². The molecule has 0 saturated carbocycles. The van der Waals surface area contributed by atoms with E-state index in [4.69, 9.17) is 16.3 Å². The molecule has 1 saturated heterocycles. The largest absolute Gasteiger partial charge is 0.382 e. The Bertz CT molecular complexity index is 347. The summed E-state index contributed by atoms with van der Waals surface area (Å²) in [4.78, 5) is 0. The molecule has 1 aromatic rings. The van der Waals surface area contributed by atoms with Gasteiger partial charge in [0.15, 0.2) is 0 Å². The molecule has 88 valence electrons. The van der Waals surface area contributed by atoms with Crippen LogP contribution in [0.25, 0.3) is 0 Å². The molecule has 2 nitrogen and oxygen atoms in total. The van der Waals surface area contributed by atoms with Crippen LogP contribution in [0.15, 0.2) is 24.3 Å². The Balaban J connectivity index is 1.97. The molecule has 1 fully saturated rings. The smallest absolute Gasteiger partial charge is 0.0646 e. The average Bonchev–Trinajstić information content (AvgIpc) is 2.20. The Morgan fingerprint density at radius 2 is 2.00 bits per heavy atom. The fourth-order valence-electron chi connectivity index (χ4n) is 2.14. The first kappa shape index (κ1) is 11.7. The lowest BCUT2D eigenvalue weighted by molar-refractivity contribution is -0.0553. The van der Waals surface area contributed by atoms with Crippen molar-refractivity contribution in [3.8, 4) is 0 Å². The molecule has 0 amide bonds. The molecule has 1 aliphatic heterocycles. The topological polar surface area (TPSA) is 21.3 Å². The number of nitrogens with one attached hydrogen (secondary N) is 1.